The topological polar surface area (TPSA) is 55.2 Å². The van der Waals surface area contributed by atoms with Gasteiger partial charge in [0.2, 0.25) is 5.88 Å². The Morgan fingerprint density at radius 2 is 2.12 bits per heavy atom. The molecule has 4 heteroatoms. The lowest BCUT2D eigenvalue weighted by Gasteiger charge is -2.08. The average molecular weight is 230 g/mol. The van der Waals surface area contributed by atoms with E-state index in [9.17, 15) is 5.11 Å². The Morgan fingerprint density at radius 3 is 2.71 bits per heavy atom. The molecule has 0 bridgehead atoms. The third-order valence-electron chi connectivity index (χ3n) is 2.35. The Morgan fingerprint density at radius 1 is 1.24 bits per heavy atom. The molecule has 0 radical (unpaired) electrons. The molecule has 2 aromatic heterocycles. The van der Waals surface area contributed by atoms with Crippen LogP contribution in [0.4, 0.5) is 0 Å². The summed E-state index contributed by atoms with van der Waals surface area (Å²) < 4.78 is 5.49. The predicted molar refractivity (Wildman–Crippen MR) is 63.8 cm³/mol. The number of ether oxygens (including phenoxy) is 1. The maximum absolute atomic E-state index is 9.59. The SMILES string of the molecule is CC[C@H](O)c1ccc(Oc2ccccn2)cn1. The summed E-state index contributed by atoms with van der Waals surface area (Å²) in [5.74, 6) is 1.13. The van der Waals surface area contributed by atoms with E-state index in [2.05, 4.69) is 9.97 Å². The summed E-state index contributed by atoms with van der Waals surface area (Å²) in [6.07, 6.45) is 3.38. The summed E-state index contributed by atoms with van der Waals surface area (Å²) in [6, 6.07) is 8.98. The number of rotatable bonds is 4. The van der Waals surface area contributed by atoms with Crippen molar-refractivity contribution in [3.8, 4) is 11.6 Å². The molecule has 0 aliphatic rings. The fourth-order valence-electron chi connectivity index (χ4n) is 1.39. The first kappa shape index (κ1) is 11.5. The molecule has 88 valence electrons. The maximum Gasteiger partial charge on any atom is 0.219 e. The van der Waals surface area contributed by atoms with Crippen molar-refractivity contribution in [1.29, 1.82) is 0 Å². The molecule has 0 saturated carbocycles. The summed E-state index contributed by atoms with van der Waals surface area (Å²) in [7, 11) is 0. The van der Waals surface area contributed by atoms with Crippen LogP contribution in [0, 0.1) is 0 Å². The van der Waals surface area contributed by atoms with Gasteiger partial charge in [-0.25, -0.2) is 4.98 Å². The molecule has 0 spiro atoms. The Balaban J connectivity index is 2.08. The van der Waals surface area contributed by atoms with Gasteiger partial charge in [-0.3, -0.25) is 4.98 Å². The monoisotopic (exact) mass is 230 g/mol. The lowest BCUT2D eigenvalue weighted by Crippen LogP contribution is -1.98. The second-order valence-electron chi connectivity index (χ2n) is 3.61. The molecule has 2 rings (SSSR count). The molecular weight excluding hydrogens is 216 g/mol. The van der Waals surface area contributed by atoms with Crippen LogP contribution >= 0.6 is 0 Å². The van der Waals surface area contributed by atoms with Crippen molar-refractivity contribution >= 4 is 0 Å². The van der Waals surface area contributed by atoms with Crippen LogP contribution in [0.15, 0.2) is 42.7 Å². The van der Waals surface area contributed by atoms with Gasteiger partial charge in [0.25, 0.3) is 0 Å². The van der Waals surface area contributed by atoms with Crippen molar-refractivity contribution in [2.24, 2.45) is 0 Å². The van der Waals surface area contributed by atoms with Crippen LogP contribution in [0.5, 0.6) is 11.6 Å². The van der Waals surface area contributed by atoms with E-state index in [1.807, 2.05) is 19.1 Å². The third kappa shape index (κ3) is 3.01. The van der Waals surface area contributed by atoms with Crippen LogP contribution in [0.1, 0.15) is 25.1 Å². The molecule has 0 saturated heterocycles. The molecule has 1 N–H and O–H groups in total. The zero-order valence-electron chi connectivity index (χ0n) is 9.58. The van der Waals surface area contributed by atoms with Crippen molar-refractivity contribution in [3.63, 3.8) is 0 Å². The minimum Gasteiger partial charge on any atom is -0.437 e. The first-order valence-electron chi connectivity index (χ1n) is 5.52. The summed E-state index contributed by atoms with van der Waals surface area (Å²) in [5, 5.41) is 9.59. The van der Waals surface area contributed by atoms with E-state index >= 15 is 0 Å². The highest BCUT2D eigenvalue weighted by Crippen LogP contribution is 2.20. The summed E-state index contributed by atoms with van der Waals surface area (Å²) in [5.41, 5.74) is 0.654. The molecule has 0 aliphatic heterocycles. The Labute approximate surface area is 99.9 Å². The van der Waals surface area contributed by atoms with Gasteiger partial charge in [0, 0.05) is 12.3 Å². The number of aromatic nitrogens is 2. The highest BCUT2D eigenvalue weighted by molar-refractivity contribution is 5.25. The molecule has 1 atom stereocenters. The molecule has 0 amide bonds. The van der Waals surface area contributed by atoms with Crippen LogP contribution in [-0.2, 0) is 0 Å². The normalized spacial score (nSPS) is 12.1. The molecule has 0 unspecified atom stereocenters. The van der Waals surface area contributed by atoms with Crippen molar-refractivity contribution in [2.45, 2.75) is 19.4 Å². The van der Waals surface area contributed by atoms with Crippen molar-refractivity contribution < 1.29 is 9.84 Å². The van der Waals surface area contributed by atoms with E-state index in [-0.39, 0.29) is 0 Å². The van der Waals surface area contributed by atoms with E-state index < -0.39 is 6.10 Å². The third-order valence-corrected chi connectivity index (χ3v) is 2.35. The highest BCUT2D eigenvalue weighted by atomic mass is 16.5. The minimum atomic E-state index is -0.515. The molecule has 2 heterocycles. The largest absolute Gasteiger partial charge is 0.437 e. The van der Waals surface area contributed by atoms with Gasteiger partial charge in [-0.2, -0.15) is 0 Å². The fourth-order valence-corrected chi connectivity index (χ4v) is 1.39. The van der Waals surface area contributed by atoms with Crippen molar-refractivity contribution in [2.75, 3.05) is 0 Å². The molecule has 4 nitrogen and oxygen atoms in total. The van der Waals surface area contributed by atoms with Crippen LogP contribution in [-0.4, -0.2) is 15.1 Å². The van der Waals surface area contributed by atoms with Gasteiger partial charge >= 0.3 is 0 Å². The lowest BCUT2D eigenvalue weighted by atomic mass is 10.2. The minimum absolute atomic E-state index is 0.515. The summed E-state index contributed by atoms with van der Waals surface area (Å²) in [4.78, 5) is 8.19. The maximum atomic E-state index is 9.59. The quantitative estimate of drug-likeness (QED) is 0.877. The number of nitrogens with zero attached hydrogens (tertiary/aromatic N) is 2. The molecule has 0 aromatic carbocycles. The zero-order valence-corrected chi connectivity index (χ0v) is 9.58. The summed E-state index contributed by atoms with van der Waals surface area (Å²) in [6.45, 7) is 1.91. The average Bonchev–Trinajstić information content (AvgIpc) is 2.40. The molecule has 0 fully saturated rings. The van der Waals surface area contributed by atoms with Crippen LogP contribution in [0.25, 0.3) is 0 Å². The van der Waals surface area contributed by atoms with Gasteiger partial charge in [-0.1, -0.05) is 13.0 Å². The molecule has 0 aliphatic carbocycles. The highest BCUT2D eigenvalue weighted by Gasteiger charge is 2.06. The molecule has 17 heavy (non-hydrogen) atoms. The first-order valence-corrected chi connectivity index (χ1v) is 5.52. The number of aliphatic hydroxyl groups is 1. The van der Waals surface area contributed by atoms with Gasteiger partial charge < -0.3 is 9.84 Å². The molecular formula is C13H14N2O2. The predicted octanol–water partition coefficient (Wildman–Crippen LogP) is 2.71. The van der Waals surface area contributed by atoms with E-state index in [1.165, 1.54) is 0 Å². The van der Waals surface area contributed by atoms with Gasteiger partial charge in [0.1, 0.15) is 5.75 Å². The number of hydrogen-bond acceptors (Lipinski definition) is 4. The Hall–Kier alpha value is -1.94. The molecule has 2 aromatic rings. The van der Waals surface area contributed by atoms with E-state index in [4.69, 9.17) is 4.74 Å². The van der Waals surface area contributed by atoms with Gasteiger partial charge in [0.05, 0.1) is 18.0 Å². The number of hydrogen-bond donors (Lipinski definition) is 1. The second kappa shape index (κ2) is 5.41. The number of pyridine rings is 2. The zero-order chi connectivity index (χ0) is 12.1. The summed E-state index contributed by atoms with van der Waals surface area (Å²) >= 11 is 0. The van der Waals surface area contributed by atoms with Crippen molar-refractivity contribution in [1.82, 2.24) is 9.97 Å². The van der Waals surface area contributed by atoms with Crippen LogP contribution in [0.2, 0.25) is 0 Å². The van der Waals surface area contributed by atoms with Crippen LogP contribution < -0.4 is 4.74 Å². The van der Waals surface area contributed by atoms with Gasteiger partial charge in [0.15, 0.2) is 0 Å². The first-order chi connectivity index (χ1) is 8.29. The fraction of sp³-hybridized carbons (Fsp3) is 0.231. The van der Waals surface area contributed by atoms with E-state index in [1.54, 1.807) is 30.6 Å². The van der Waals surface area contributed by atoms with Gasteiger partial charge in [-0.05, 0) is 24.6 Å². The van der Waals surface area contributed by atoms with Gasteiger partial charge in [-0.15, -0.1) is 0 Å². The standard InChI is InChI=1S/C13H14N2O2/c1-2-12(16)11-7-6-10(9-15-11)17-13-5-3-4-8-14-13/h3-9,12,16H,2H2,1H3/t12-/m0/s1. The Bertz CT molecular complexity index is 457. The smallest absolute Gasteiger partial charge is 0.219 e. The Kier molecular flexibility index (Phi) is 3.67. The lowest BCUT2D eigenvalue weighted by molar-refractivity contribution is 0.169. The van der Waals surface area contributed by atoms with Crippen LogP contribution in [0.3, 0.4) is 0 Å². The second-order valence-corrected chi connectivity index (χ2v) is 3.61. The van der Waals surface area contributed by atoms with E-state index in [0.29, 0.717) is 23.7 Å². The number of aliphatic hydroxyl groups excluding tert-OH is 1. The van der Waals surface area contributed by atoms with E-state index in [0.717, 1.165) is 0 Å². The van der Waals surface area contributed by atoms with Crippen molar-refractivity contribution in [3.05, 3.63) is 48.4 Å².